The number of carbonyl (C=O) groups is 1. The molecule has 26 heavy (non-hydrogen) atoms. The molecule has 0 aliphatic heterocycles. The van der Waals surface area contributed by atoms with Gasteiger partial charge in [-0.15, -0.1) is 0 Å². The average molecular weight is 466 g/mol. The van der Waals surface area contributed by atoms with Crippen molar-refractivity contribution >= 4 is 39.1 Å². The van der Waals surface area contributed by atoms with Crippen LogP contribution in [0.25, 0.3) is 0 Å². The first-order valence-electron chi connectivity index (χ1n) is 6.63. The first-order valence-corrected chi connectivity index (χ1v) is 7.80. The summed E-state index contributed by atoms with van der Waals surface area (Å²) < 4.78 is 84.1. The highest BCUT2D eigenvalue weighted by molar-refractivity contribution is 9.10. The minimum atomic E-state index is -5.99. The van der Waals surface area contributed by atoms with Crippen LogP contribution in [0.5, 0.6) is 0 Å². The maximum Gasteiger partial charge on any atom is 0.457 e. The summed E-state index contributed by atoms with van der Waals surface area (Å²) in [7, 11) is 0. The van der Waals surface area contributed by atoms with Crippen LogP contribution in [-0.2, 0) is 0 Å². The molecule has 1 aromatic carbocycles. The van der Waals surface area contributed by atoms with Gasteiger partial charge in [0.1, 0.15) is 12.1 Å². The van der Waals surface area contributed by atoms with Gasteiger partial charge in [-0.2, -0.15) is 22.0 Å². The lowest BCUT2D eigenvalue weighted by Crippen LogP contribution is -2.59. The number of hydrogen-bond acceptors (Lipinski definition) is 3. The SMILES string of the molecule is O=C(NC(Nc1ccc(Cl)c(F)c1)C(F)(F)C(F)(F)F)c1cc(Br)co1. The first-order chi connectivity index (χ1) is 11.9. The zero-order chi connectivity index (χ0) is 19.7. The summed E-state index contributed by atoms with van der Waals surface area (Å²) in [4.78, 5) is 11.9. The van der Waals surface area contributed by atoms with E-state index in [9.17, 15) is 31.1 Å². The van der Waals surface area contributed by atoms with Gasteiger partial charge in [-0.25, -0.2) is 4.39 Å². The van der Waals surface area contributed by atoms with Crippen LogP contribution in [0.2, 0.25) is 5.02 Å². The Morgan fingerprint density at radius 1 is 1.19 bits per heavy atom. The second kappa shape index (κ2) is 7.39. The van der Waals surface area contributed by atoms with Crippen LogP contribution in [0.4, 0.5) is 32.0 Å². The Bertz CT molecular complexity index is 811. The maximum atomic E-state index is 13.8. The summed E-state index contributed by atoms with van der Waals surface area (Å²) in [5.74, 6) is -8.29. The zero-order valence-electron chi connectivity index (χ0n) is 12.3. The van der Waals surface area contributed by atoms with Gasteiger partial charge in [0.15, 0.2) is 11.9 Å². The van der Waals surface area contributed by atoms with Gasteiger partial charge in [-0.05, 0) is 34.1 Å². The highest BCUT2D eigenvalue weighted by Crippen LogP contribution is 2.38. The third kappa shape index (κ3) is 4.44. The van der Waals surface area contributed by atoms with E-state index < -0.39 is 41.4 Å². The second-order valence-corrected chi connectivity index (χ2v) is 6.25. The molecule has 1 amide bonds. The number of amides is 1. The molecule has 0 saturated carbocycles. The van der Waals surface area contributed by atoms with Gasteiger partial charge in [0.25, 0.3) is 5.91 Å². The summed E-state index contributed by atoms with van der Waals surface area (Å²) in [5.41, 5.74) is -0.457. The summed E-state index contributed by atoms with van der Waals surface area (Å²) in [6.07, 6.45) is -7.90. The fourth-order valence-corrected chi connectivity index (χ4v) is 2.19. The molecule has 12 heteroatoms. The number of rotatable bonds is 5. The van der Waals surface area contributed by atoms with Crippen molar-refractivity contribution in [2.45, 2.75) is 18.3 Å². The number of anilines is 1. The Morgan fingerprint density at radius 2 is 1.85 bits per heavy atom. The number of hydrogen-bond donors (Lipinski definition) is 2. The predicted octanol–water partition coefficient (Wildman–Crippen LogP) is 5.20. The molecule has 0 fully saturated rings. The van der Waals surface area contributed by atoms with E-state index in [1.165, 1.54) is 5.32 Å². The van der Waals surface area contributed by atoms with Crippen molar-refractivity contribution in [3.05, 3.63) is 51.6 Å². The summed E-state index contributed by atoms with van der Waals surface area (Å²) in [5, 5.41) is 2.87. The highest BCUT2D eigenvalue weighted by atomic mass is 79.9. The van der Waals surface area contributed by atoms with E-state index in [1.807, 2.05) is 0 Å². The lowest BCUT2D eigenvalue weighted by Gasteiger charge is -2.30. The van der Waals surface area contributed by atoms with Crippen molar-refractivity contribution in [3.63, 3.8) is 0 Å². The van der Waals surface area contributed by atoms with Crippen LogP contribution in [0.15, 0.2) is 39.4 Å². The molecule has 4 nitrogen and oxygen atoms in total. The Hall–Kier alpha value is -1.88. The Kier molecular flexibility index (Phi) is 5.81. The van der Waals surface area contributed by atoms with E-state index in [4.69, 9.17) is 16.0 Å². The van der Waals surface area contributed by atoms with Crippen molar-refractivity contribution < 1.29 is 35.6 Å². The maximum absolute atomic E-state index is 13.8. The molecule has 0 aliphatic carbocycles. The number of furan rings is 1. The summed E-state index contributed by atoms with van der Waals surface area (Å²) >= 11 is 8.36. The van der Waals surface area contributed by atoms with E-state index in [0.29, 0.717) is 6.07 Å². The van der Waals surface area contributed by atoms with Crippen LogP contribution in [0, 0.1) is 5.82 Å². The van der Waals surface area contributed by atoms with Gasteiger partial charge < -0.3 is 15.1 Å². The normalized spacial score (nSPS) is 13.4. The Labute approximate surface area is 155 Å². The summed E-state index contributed by atoms with van der Waals surface area (Å²) in [6.45, 7) is 0. The fraction of sp³-hybridized carbons (Fsp3) is 0.214. The molecule has 0 spiro atoms. The van der Waals surface area contributed by atoms with E-state index in [1.54, 1.807) is 5.32 Å². The topological polar surface area (TPSA) is 54.3 Å². The smallest absolute Gasteiger partial charge is 0.457 e. The fourth-order valence-electron chi connectivity index (χ4n) is 1.77. The number of halogens is 8. The molecule has 2 rings (SSSR count). The second-order valence-electron chi connectivity index (χ2n) is 4.93. The number of nitrogens with one attached hydrogen (secondary N) is 2. The average Bonchev–Trinajstić information content (AvgIpc) is 2.95. The molecule has 2 N–H and O–H groups in total. The molecule has 0 radical (unpaired) electrons. The minimum Gasteiger partial charge on any atom is -0.458 e. The van der Waals surface area contributed by atoms with Crippen molar-refractivity contribution in [1.29, 1.82) is 0 Å². The number of alkyl halides is 5. The molecule has 2 aromatic rings. The van der Waals surface area contributed by atoms with Gasteiger partial charge >= 0.3 is 12.1 Å². The van der Waals surface area contributed by atoms with Crippen molar-refractivity contribution in [1.82, 2.24) is 5.32 Å². The van der Waals surface area contributed by atoms with Crippen molar-refractivity contribution in [3.8, 4) is 0 Å². The van der Waals surface area contributed by atoms with E-state index in [0.717, 1.165) is 24.5 Å². The minimum absolute atomic E-state index is 0.273. The lowest BCUT2D eigenvalue weighted by atomic mass is 10.2. The van der Waals surface area contributed by atoms with Crippen LogP contribution >= 0.6 is 27.5 Å². The molecule has 0 saturated heterocycles. The van der Waals surface area contributed by atoms with Gasteiger partial charge in [-0.1, -0.05) is 11.6 Å². The third-order valence-electron chi connectivity index (χ3n) is 3.04. The molecular formula is C14H8BrClF6N2O2. The molecular weight excluding hydrogens is 458 g/mol. The van der Waals surface area contributed by atoms with Crippen LogP contribution in [0.1, 0.15) is 10.6 Å². The standard InChI is InChI=1S/C14H8BrClF6N2O2/c15-6-3-10(26-5-6)11(25)24-12(13(18,19)14(20,21)22)23-7-1-2-8(16)9(17)4-7/h1-5,12,23H,(H,24,25). The molecule has 1 heterocycles. The monoisotopic (exact) mass is 464 g/mol. The van der Waals surface area contributed by atoms with E-state index in [2.05, 4.69) is 15.9 Å². The van der Waals surface area contributed by atoms with Gasteiger partial charge in [-0.3, -0.25) is 4.79 Å². The van der Waals surface area contributed by atoms with Crippen LogP contribution in [-0.4, -0.2) is 24.2 Å². The predicted molar refractivity (Wildman–Crippen MR) is 83.7 cm³/mol. The Morgan fingerprint density at radius 3 is 2.35 bits per heavy atom. The first kappa shape index (κ1) is 20.4. The summed E-state index contributed by atoms with van der Waals surface area (Å²) in [6, 6.07) is 3.60. The number of benzene rings is 1. The van der Waals surface area contributed by atoms with Gasteiger partial charge in [0.2, 0.25) is 0 Å². The number of carbonyl (C=O) groups excluding carboxylic acids is 1. The quantitative estimate of drug-likeness (QED) is 0.471. The van der Waals surface area contributed by atoms with Gasteiger partial charge in [0.05, 0.1) is 9.50 Å². The van der Waals surface area contributed by atoms with E-state index in [-0.39, 0.29) is 9.50 Å². The molecule has 1 unspecified atom stereocenters. The van der Waals surface area contributed by atoms with Crippen LogP contribution < -0.4 is 10.6 Å². The third-order valence-corrected chi connectivity index (χ3v) is 3.76. The largest absolute Gasteiger partial charge is 0.458 e. The zero-order valence-corrected chi connectivity index (χ0v) is 14.6. The van der Waals surface area contributed by atoms with E-state index >= 15 is 0 Å². The van der Waals surface area contributed by atoms with Crippen LogP contribution in [0.3, 0.4) is 0 Å². The Balaban J connectivity index is 2.32. The van der Waals surface area contributed by atoms with Crippen molar-refractivity contribution in [2.75, 3.05) is 5.32 Å². The van der Waals surface area contributed by atoms with Gasteiger partial charge in [0, 0.05) is 11.8 Å². The molecule has 0 bridgehead atoms. The highest BCUT2D eigenvalue weighted by Gasteiger charge is 2.63. The molecule has 1 aromatic heterocycles. The molecule has 1 atom stereocenters. The molecule has 0 aliphatic rings. The molecule has 142 valence electrons. The van der Waals surface area contributed by atoms with Crippen molar-refractivity contribution in [2.24, 2.45) is 0 Å². The lowest BCUT2D eigenvalue weighted by molar-refractivity contribution is -0.289.